The van der Waals surface area contributed by atoms with E-state index >= 15 is 0 Å². The second-order valence-electron chi connectivity index (χ2n) is 6.45. The van der Waals surface area contributed by atoms with Gasteiger partial charge in [0.15, 0.2) is 0 Å². The molecule has 0 fully saturated rings. The average molecular weight is 296 g/mol. The molecule has 0 rings (SSSR count). The van der Waals surface area contributed by atoms with Crippen LogP contribution < -0.4 is 0 Å². The molecule has 1 unspecified atom stereocenters. The molecule has 0 aromatic carbocycles. The number of unbranched alkanes of at least 4 members (excludes halogenated alkanes) is 13. The van der Waals surface area contributed by atoms with E-state index in [-0.39, 0.29) is 5.92 Å². The monoisotopic (exact) mass is 296 g/mol. The van der Waals surface area contributed by atoms with E-state index in [1.54, 1.807) is 0 Å². The first-order valence-corrected chi connectivity index (χ1v) is 9.20. The molecule has 0 aliphatic heterocycles. The molecule has 0 spiro atoms. The van der Waals surface area contributed by atoms with Crippen molar-refractivity contribution in [2.45, 2.75) is 103 Å². The third-order valence-electron chi connectivity index (χ3n) is 4.21. The Kier molecular flexibility index (Phi) is 16.8. The number of aldehydes is 2. The van der Waals surface area contributed by atoms with E-state index in [9.17, 15) is 9.59 Å². The largest absolute Gasteiger partial charge is 0.303 e. The molecule has 21 heavy (non-hydrogen) atoms. The van der Waals surface area contributed by atoms with Gasteiger partial charge in [0.1, 0.15) is 12.6 Å². The fourth-order valence-corrected chi connectivity index (χ4v) is 2.71. The maximum atomic E-state index is 10.5. The summed E-state index contributed by atoms with van der Waals surface area (Å²) >= 11 is 0. The standard InChI is InChI=1S/C19H36O2/c1-19(18-21)16-14-12-10-8-6-4-2-3-5-7-9-11-13-15-17-20/h17-19H,2-16H2,1H3. The molecule has 0 radical (unpaired) electrons. The van der Waals surface area contributed by atoms with Crippen molar-refractivity contribution in [3.63, 3.8) is 0 Å². The van der Waals surface area contributed by atoms with Crippen LogP contribution >= 0.6 is 0 Å². The van der Waals surface area contributed by atoms with Crippen molar-refractivity contribution in [1.29, 1.82) is 0 Å². The van der Waals surface area contributed by atoms with Gasteiger partial charge in [-0.15, -0.1) is 0 Å². The predicted molar refractivity (Wildman–Crippen MR) is 90.5 cm³/mol. The van der Waals surface area contributed by atoms with E-state index in [0.29, 0.717) is 0 Å². The summed E-state index contributed by atoms with van der Waals surface area (Å²) in [5.41, 5.74) is 0. The summed E-state index contributed by atoms with van der Waals surface area (Å²) in [5.74, 6) is 0.253. The molecule has 0 N–H and O–H groups in total. The van der Waals surface area contributed by atoms with E-state index in [1.807, 2.05) is 6.92 Å². The molecule has 0 bridgehead atoms. The van der Waals surface area contributed by atoms with Crippen LogP contribution in [0.3, 0.4) is 0 Å². The first kappa shape index (κ1) is 20.3. The second kappa shape index (κ2) is 17.4. The normalized spacial score (nSPS) is 12.2. The minimum atomic E-state index is 0.253. The molecule has 0 aliphatic rings. The van der Waals surface area contributed by atoms with Gasteiger partial charge in [0.25, 0.3) is 0 Å². The van der Waals surface area contributed by atoms with Gasteiger partial charge in [-0.05, 0) is 12.8 Å². The lowest BCUT2D eigenvalue weighted by molar-refractivity contribution is -0.111. The highest BCUT2D eigenvalue weighted by Crippen LogP contribution is 2.14. The number of carbonyl (C=O) groups is 2. The molecule has 1 atom stereocenters. The Morgan fingerprint density at radius 3 is 1.38 bits per heavy atom. The molecule has 0 aliphatic carbocycles. The first-order chi connectivity index (χ1) is 10.3. The van der Waals surface area contributed by atoms with E-state index in [0.717, 1.165) is 31.8 Å². The highest BCUT2D eigenvalue weighted by molar-refractivity contribution is 5.52. The van der Waals surface area contributed by atoms with Crippen LogP contribution in [0.1, 0.15) is 103 Å². The lowest BCUT2D eigenvalue weighted by Gasteiger charge is -2.04. The molecule has 0 saturated heterocycles. The predicted octanol–water partition coefficient (Wildman–Crippen LogP) is 5.87. The maximum absolute atomic E-state index is 10.5. The van der Waals surface area contributed by atoms with Gasteiger partial charge in [-0.25, -0.2) is 0 Å². The van der Waals surface area contributed by atoms with Crippen LogP contribution in [0.25, 0.3) is 0 Å². The van der Waals surface area contributed by atoms with Gasteiger partial charge < -0.3 is 9.59 Å². The van der Waals surface area contributed by atoms with Crippen molar-refractivity contribution < 1.29 is 9.59 Å². The molecule has 0 amide bonds. The van der Waals surface area contributed by atoms with Gasteiger partial charge in [0.2, 0.25) is 0 Å². The minimum absolute atomic E-state index is 0.253. The topological polar surface area (TPSA) is 34.1 Å². The Hall–Kier alpha value is -0.660. The van der Waals surface area contributed by atoms with Crippen molar-refractivity contribution in [2.75, 3.05) is 0 Å². The molecule has 2 nitrogen and oxygen atoms in total. The lowest BCUT2D eigenvalue weighted by Crippen LogP contribution is -1.94. The van der Waals surface area contributed by atoms with Crippen molar-refractivity contribution in [3.05, 3.63) is 0 Å². The number of rotatable bonds is 17. The lowest BCUT2D eigenvalue weighted by atomic mass is 10.0. The zero-order chi connectivity index (χ0) is 15.6. The third-order valence-corrected chi connectivity index (χ3v) is 4.21. The molecule has 0 heterocycles. The van der Waals surface area contributed by atoms with Crippen molar-refractivity contribution in [2.24, 2.45) is 5.92 Å². The van der Waals surface area contributed by atoms with E-state index in [2.05, 4.69) is 0 Å². The highest BCUT2D eigenvalue weighted by Gasteiger charge is 1.98. The second-order valence-corrected chi connectivity index (χ2v) is 6.45. The maximum Gasteiger partial charge on any atom is 0.122 e. The number of carbonyl (C=O) groups excluding carboxylic acids is 2. The van der Waals surface area contributed by atoms with Crippen molar-refractivity contribution in [1.82, 2.24) is 0 Å². The zero-order valence-corrected chi connectivity index (χ0v) is 14.2. The fourth-order valence-electron chi connectivity index (χ4n) is 2.71. The van der Waals surface area contributed by atoms with Crippen LogP contribution in [-0.4, -0.2) is 12.6 Å². The van der Waals surface area contributed by atoms with Crippen LogP contribution in [0.2, 0.25) is 0 Å². The van der Waals surface area contributed by atoms with Crippen LogP contribution in [0, 0.1) is 5.92 Å². The van der Waals surface area contributed by atoms with E-state index in [4.69, 9.17) is 0 Å². The molecule has 124 valence electrons. The molecule has 0 saturated carbocycles. The van der Waals surface area contributed by atoms with Crippen LogP contribution in [0.5, 0.6) is 0 Å². The molecule has 0 aromatic rings. The third kappa shape index (κ3) is 17.3. The van der Waals surface area contributed by atoms with Gasteiger partial charge in [-0.3, -0.25) is 0 Å². The average Bonchev–Trinajstić information content (AvgIpc) is 2.50. The van der Waals surface area contributed by atoms with Crippen molar-refractivity contribution in [3.8, 4) is 0 Å². The summed E-state index contributed by atoms with van der Waals surface area (Å²) in [6, 6.07) is 0. The zero-order valence-electron chi connectivity index (χ0n) is 14.2. The van der Waals surface area contributed by atoms with E-state index in [1.165, 1.54) is 77.0 Å². The summed E-state index contributed by atoms with van der Waals surface area (Å²) in [7, 11) is 0. The summed E-state index contributed by atoms with van der Waals surface area (Å²) in [6.45, 7) is 2.01. The summed E-state index contributed by atoms with van der Waals surface area (Å²) < 4.78 is 0. The fraction of sp³-hybridized carbons (Fsp3) is 0.895. The minimum Gasteiger partial charge on any atom is -0.303 e. The van der Waals surface area contributed by atoms with Gasteiger partial charge in [0.05, 0.1) is 0 Å². The smallest absolute Gasteiger partial charge is 0.122 e. The first-order valence-electron chi connectivity index (χ1n) is 9.20. The molecular weight excluding hydrogens is 260 g/mol. The van der Waals surface area contributed by atoms with Gasteiger partial charge in [-0.1, -0.05) is 84.0 Å². The van der Waals surface area contributed by atoms with Crippen LogP contribution in [-0.2, 0) is 9.59 Å². The Labute approximate surface area is 132 Å². The molecule has 2 heteroatoms. The highest BCUT2D eigenvalue weighted by atomic mass is 16.1. The van der Waals surface area contributed by atoms with Crippen LogP contribution in [0.4, 0.5) is 0 Å². The van der Waals surface area contributed by atoms with Gasteiger partial charge in [0, 0.05) is 12.3 Å². The summed E-state index contributed by atoms with van der Waals surface area (Å²) in [6.07, 6.45) is 20.9. The SMILES string of the molecule is CC(C=O)CCCCCCCCCCCCCCCC=O. The Morgan fingerprint density at radius 2 is 1.00 bits per heavy atom. The molecular formula is C19H36O2. The Bertz CT molecular complexity index is 226. The summed E-state index contributed by atoms with van der Waals surface area (Å²) in [5, 5.41) is 0. The Balaban J connectivity index is 2.99. The Morgan fingerprint density at radius 1 is 0.619 bits per heavy atom. The number of hydrogen-bond acceptors (Lipinski definition) is 2. The quantitative estimate of drug-likeness (QED) is 0.248. The molecule has 0 aromatic heterocycles. The van der Waals surface area contributed by atoms with Crippen molar-refractivity contribution >= 4 is 12.6 Å². The summed E-state index contributed by atoms with van der Waals surface area (Å²) in [4.78, 5) is 20.6. The van der Waals surface area contributed by atoms with Gasteiger partial charge in [-0.2, -0.15) is 0 Å². The van der Waals surface area contributed by atoms with Crippen LogP contribution in [0.15, 0.2) is 0 Å². The van der Waals surface area contributed by atoms with E-state index < -0.39 is 0 Å². The van der Waals surface area contributed by atoms with Gasteiger partial charge >= 0.3 is 0 Å². The number of hydrogen-bond donors (Lipinski definition) is 0.